The van der Waals surface area contributed by atoms with Crippen molar-refractivity contribution in [2.75, 3.05) is 19.3 Å². The molecular formula is C29H33BrFN5O2S. The van der Waals surface area contributed by atoms with Crippen molar-refractivity contribution in [3.8, 4) is 6.07 Å². The molecule has 1 saturated carbocycles. The summed E-state index contributed by atoms with van der Waals surface area (Å²) < 4.78 is 24.4. The van der Waals surface area contributed by atoms with E-state index in [0.29, 0.717) is 35.3 Å². The number of nitrogens with zero attached hydrogens (tertiary/aromatic N) is 4. The third-order valence-electron chi connectivity index (χ3n) is 8.32. The summed E-state index contributed by atoms with van der Waals surface area (Å²) in [5.41, 5.74) is 2.70. The van der Waals surface area contributed by atoms with Crippen LogP contribution in [0.2, 0.25) is 0 Å². The van der Waals surface area contributed by atoms with E-state index in [0.717, 1.165) is 52.7 Å². The summed E-state index contributed by atoms with van der Waals surface area (Å²) in [6.45, 7) is 7.30. The number of amides is 1. The van der Waals surface area contributed by atoms with Crippen LogP contribution in [0.5, 0.6) is 0 Å². The van der Waals surface area contributed by atoms with Crippen molar-refractivity contribution in [3.05, 3.63) is 33.7 Å². The molecule has 5 heterocycles. The highest BCUT2D eigenvalue weighted by atomic mass is 79.9. The minimum atomic E-state index is -0.557. The van der Waals surface area contributed by atoms with Crippen LogP contribution < -0.4 is 5.32 Å². The van der Waals surface area contributed by atoms with Crippen molar-refractivity contribution in [1.29, 1.82) is 5.26 Å². The molecule has 2 bridgehead atoms. The molecule has 1 amide bonds. The van der Waals surface area contributed by atoms with E-state index in [1.807, 2.05) is 38.0 Å². The van der Waals surface area contributed by atoms with Crippen LogP contribution in [0.4, 0.5) is 9.18 Å². The fourth-order valence-corrected chi connectivity index (χ4v) is 7.72. The Bertz CT molecular complexity index is 1520. The number of carbonyl (C=O) groups is 1. The lowest BCUT2D eigenvalue weighted by molar-refractivity contribution is 0.0209. The van der Waals surface area contributed by atoms with Crippen molar-refractivity contribution < 1.29 is 13.9 Å². The lowest BCUT2D eigenvalue weighted by Crippen LogP contribution is -2.44. The van der Waals surface area contributed by atoms with Crippen LogP contribution >= 0.6 is 27.7 Å². The molecule has 0 spiro atoms. The Hall–Kier alpha value is -2.35. The van der Waals surface area contributed by atoms with E-state index in [4.69, 9.17) is 9.72 Å². The quantitative estimate of drug-likeness (QED) is 0.316. The molecule has 0 unspecified atom stereocenters. The Balaban J connectivity index is 1.57. The van der Waals surface area contributed by atoms with Crippen LogP contribution in [-0.2, 0) is 11.2 Å². The summed E-state index contributed by atoms with van der Waals surface area (Å²) >= 11 is 4.97. The van der Waals surface area contributed by atoms with E-state index in [-0.39, 0.29) is 24.2 Å². The smallest absolute Gasteiger partial charge is 0.410 e. The molecule has 10 heteroatoms. The van der Waals surface area contributed by atoms with E-state index in [1.54, 1.807) is 0 Å². The summed E-state index contributed by atoms with van der Waals surface area (Å²) in [5, 5.41) is 15.4. The fourth-order valence-electron chi connectivity index (χ4n) is 6.66. The van der Waals surface area contributed by atoms with Gasteiger partial charge in [-0.15, -0.1) is 11.8 Å². The predicted molar refractivity (Wildman–Crippen MR) is 154 cm³/mol. The normalized spacial score (nSPS) is 24.4. The molecule has 3 saturated heterocycles. The monoisotopic (exact) mass is 613 g/mol. The van der Waals surface area contributed by atoms with Gasteiger partial charge >= 0.3 is 6.09 Å². The van der Waals surface area contributed by atoms with Crippen LogP contribution in [0.25, 0.3) is 21.8 Å². The number of aromatic nitrogens is 2. The zero-order valence-corrected chi connectivity index (χ0v) is 25.1. The van der Waals surface area contributed by atoms with Crippen molar-refractivity contribution in [1.82, 2.24) is 19.8 Å². The Morgan fingerprint density at radius 3 is 2.82 bits per heavy atom. The highest BCUT2D eigenvalue weighted by molar-refractivity contribution is 9.10. The summed E-state index contributed by atoms with van der Waals surface area (Å²) in [6.07, 6.45) is 5.54. The van der Waals surface area contributed by atoms with E-state index in [9.17, 15) is 10.1 Å². The molecule has 3 aromatic rings. The maximum Gasteiger partial charge on any atom is 0.410 e. The van der Waals surface area contributed by atoms with Crippen molar-refractivity contribution in [2.24, 2.45) is 5.92 Å². The van der Waals surface area contributed by atoms with Crippen LogP contribution in [0.3, 0.4) is 0 Å². The first-order valence-electron chi connectivity index (χ1n) is 13.6. The zero-order valence-electron chi connectivity index (χ0n) is 22.7. The molecule has 1 aliphatic carbocycles. The average molecular weight is 615 g/mol. The number of thioether (sulfide) groups is 1. The molecule has 7 nitrogen and oxygen atoms in total. The van der Waals surface area contributed by atoms with Gasteiger partial charge in [-0.1, -0.05) is 0 Å². The van der Waals surface area contributed by atoms with Gasteiger partial charge in [-0.25, -0.2) is 14.2 Å². The SMILES string of the molecule is CSc1nc2c(F)c(Br)c(CCC#N)cc2c2c1cc([C@H]1CCCN1)n2[C@H]1[C@@H]2C[C@H]1N(C(=O)OC(C)(C)C)C2. The van der Waals surface area contributed by atoms with Gasteiger partial charge in [0, 0.05) is 41.4 Å². The average Bonchev–Trinajstić information content (AvgIpc) is 3.67. The lowest BCUT2D eigenvalue weighted by Gasteiger charge is -2.40. The number of hydrogen-bond acceptors (Lipinski definition) is 6. The summed E-state index contributed by atoms with van der Waals surface area (Å²) in [5.74, 6) is -0.0875. The first-order chi connectivity index (χ1) is 18.6. The van der Waals surface area contributed by atoms with Crippen molar-refractivity contribution in [2.45, 2.75) is 81.6 Å². The molecule has 206 valence electrons. The number of nitriles is 1. The molecule has 0 radical (unpaired) electrons. The number of ether oxygens (including phenoxy) is 1. The Kier molecular flexibility index (Phi) is 6.84. The van der Waals surface area contributed by atoms with Gasteiger partial charge < -0.3 is 19.5 Å². The van der Waals surface area contributed by atoms with Gasteiger partial charge in [0.2, 0.25) is 0 Å². The second kappa shape index (κ2) is 9.93. The fraction of sp³-hybridized carbons (Fsp3) is 0.552. The minimum absolute atomic E-state index is 0.0277. The van der Waals surface area contributed by atoms with Crippen molar-refractivity contribution >= 4 is 55.6 Å². The molecule has 2 aromatic heterocycles. The summed E-state index contributed by atoms with van der Waals surface area (Å²) in [7, 11) is 0. The van der Waals surface area contributed by atoms with Crippen LogP contribution in [0.1, 0.15) is 69.8 Å². The number of rotatable bonds is 5. The number of pyridine rings is 1. The highest BCUT2D eigenvalue weighted by Gasteiger charge is 2.56. The number of hydrogen-bond donors (Lipinski definition) is 1. The Labute approximate surface area is 240 Å². The molecule has 1 aromatic carbocycles. The molecule has 1 N–H and O–H groups in total. The number of halogens is 2. The maximum atomic E-state index is 15.9. The molecule has 7 rings (SSSR count). The van der Waals surface area contributed by atoms with Crippen LogP contribution in [0, 0.1) is 23.1 Å². The predicted octanol–water partition coefficient (Wildman–Crippen LogP) is 6.87. The molecule has 4 fully saturated rings. The minimum Gasteiger partial charge on any atom is -0.444 e. The number of fused-ring (bicyclic) bond motifs is 4. The second-order valence-corrected chi connectivity index (χ2v) is 13.5. The van der Waals surface area contributed by atoms with E-state index in [2.05, 4.69) is 37.9 Å². The largest absolute Gasteiger partial charge is 0.444 e. The molecule has 3 aliphatic heterocycles. The van der Waals surface area contributed by atoms with Gasteiger partial charge in [0.05, 0.1) is 28.1 Å². The van der Waals surface area contributed by atoms with Crippen LogP contribution in [-0.4, -0.2) is 51.5 Å². The first-order valence-corrected chi connectivity index (χ1v) is 15.6. The van der Waals surface area contributed by atoms with Crippen molar-refractivity contribution in [3.63, 3.8) is 0 Å². The maximum absolute atomic E-state index is 15.9. The van der Waals surface area contributed by atoms with Gasteiger partial charge in [-0.3, -0.25) is 0 Å². The van der Waals surface area contributed by atoms with Crippen LogP contribution in [0.15, 0.2) is 21.6 Å². The van der Waals surface area contributed by atoms with Gasteiger partial charge in [-0.05, 0) is 92.9 Å². The standard InChI is InChI=1S/C29H33BrFN5O2S/c1-29(2,3)38-28(37)35-14-16-12-21(35)25(16)36-20(19-8-6-10-33-19)13-18-26(36)17-11-15(7-5-9-32)22(30)23(31)24(17)34-27(18)39-4/h11,13,16,19,21,25,33H,5-8,10,12,14H2,1-4H3/t16-,19-,21-,25+/m1/s1. The van der Waals surface area contributed by atoms with E-state index >= 15 is 4.39 Å². The number of aryl methyl sites for hydroxylation is 1. The second-order valence-electron chi connectivity index (χ2n) is 11.9. The van der Waals surface area contributed by atoms with Gasteiger partial charge in [0.15, 0.2) is 5.82 Å². The molecule has 39 heavy (non-hydrogen) atoms. The van der Waals surface area contributed by atoms with E-state index in [1.165, 1.54) is 17.5 Å². The number of benzene rings is 1. The lowest BCUT2D eigenvalue weighted by atomic mass is 9.79. The topological polar surface area (TPSA) is 83.2 Å². The number of carbonyl (C=O) groups excluding carboxylic acids is 1. The molecule has 4 atom stereocenters. The highest BCUT2D eigenvalue weighted by Crippen LogP contribution is 2.53. The summed E-state index contributed by atoms with van der Waals surface area (Å²) in [4.78, 5) is 19.8. The third kappa shape index (κ3) is 4.41. The Morgan fingerprint density at radius 1 is 1.36 bits per heavy atom. The molecular weight excluding hydrogens is 581 g/mol. The Morgan fingerprint density at radius 2 is 2.15 bits per heavy atom. The van der Waals surface area contributed by atoms with E-state index < -0.39 is 11.4 Å². The van der Waals surface area contributed by atoms with Gasteiger partial charge in [-0.2, -0.15) is 5.26 Å². The summed E-state index contributed by atoms with van der Waals surface area (Å²) in [6, 6.07) is 6.73. The first kappa shape index (κ1) is 26.9. The molecule has 4 aliphatic rings. The third-order valence-corrected chi connectivity index (χ3v) is 9.87. The zero-order chi connectivity index (χ0) is 27.6. The number of nitrogens with one attached hydrogen (secondary N) is 1. The van der Waals surface area contributed by atoms with Gasteiger partial charge in [0.25, 0.3) is 0 Å². The van der Waals surface area contributed by atoms with Gasteiger partial charge in [0.1, 0.15) is 16.1 Å².